The quantitative estimate of drug-likeness (QED) is 0.839. The molecule has 128 valence electrons. The summed E-state index contributed by atoms with van der Waals surface area (Å²) >= 11 is 0.862. The van der Waals surface area contributed by atoms with Crippen LogP contribution in [0.25, 0.3) is 0 Å². The SMILES string of the molecule is CC(=O)N(c1cccc(C)c1)[C@@H]1SC(=O)N(c2cccc(C)c2)C1=O. The first-order chi connectivity index (χ1) is 11.9. The summed E-state index contributed by atoms with van der Waals surface area (Å²) in [6, 6.07) is 14.5. The molecular weight excluding hydrogens is 336 g/mol. The van der Waals surface area contributed by atoms with E-state index in [4.69, 9.17) is 0 Å². The van der Waals surface area contributed by atoms with Gasteiger partial charge in [0.15, 0.2) is 5.37 Å². The largest absolute Gasteiger partial charge is 0.295 e. The zero-order chi connectivity index (χ0) is 18.1. The van der Waals surface area contributed by atoms with Crippen molar-refractivity contribution in [1.82, 2.24) is 0 Å². The number of carbonyl (C=O) groups is 3. The van der Waals surface area contributed by atoms with Crippen LogP contribution in [0.5, 0.6) is 0 Å². The van der Waals surface area contributed by atoms with E-state index in [-0.39, 0.29) is 11.1 Å². The maximum atomic E-state index is 12.9. The number of nitrogens with zero attached hydrogens (tertiary/aromatic N) is 2. The van der Waals surface area contributed by atoms with Gasteiger partial charge in [-0.2, -0.15) is 0 Å². The van der Waals surface area contributed by atoms with E-state index in [2.05, 4.69) is 0 Å². The predicted octanol–water partition coefficient (Wildman–Crippen LogP) is 3.88. The van der Waals surface area contributed by atoms with E-state index in [0.29, 0.717) is 11.4 Å². The number of benzene rings is 2. The number of rotatable bonds is 3. The van der Waals surface area contributed by atoms with E-state index < -0.39 is 11.3 Å². The highest BCUT2D eigenvalue weighted by atomic mass is 32.2. The molecule has 1 atom stereocenters. The van der Waals surface area contributed by atoms with Crippen LogP contribution < -0.4 is 9.80 Å². The lowest BCUT2D eigenvalue weighted by Crippen LogP contribution is -2.44. The lowest BCUT2D eigenvalue weighted by atomic mass is 10.2. The molecule has 0 aliphatic carbocycles. The van der Waals surface area contributed by atoms with Gasteiger partial charge < -0.3 is 0 Å². The normalized spacial score (nSPS) is 17.1. The number of thioether (sulfide) groups is 1. The monoisotopic (exact) mass is 354 g/mol. The van der Waals surface area contributed by atoms with E-state index >= 15 is 0 Å². The first-order valence-corrected chi connectivity index (χ1v) is 8.74. The van der Waals surface area contributed by atoms with E-state index in [1.54, 1.807) is 24.3 Å². The van der Waals surface area contributed by atoms with Crippen molar-refractivity contribution in [2.75, 3.05) is 9.80 Å². The number of hydrogen-bond acceptors (Lipinski definition) is 4. The summed E-state index contributed by atoms with van der Waals surface area (Å²) in [5, 5.41) is -1.27. The Labute approximate surface area is 150 Å². The summed E-state index contributed by atoms with van der Waals surface area (Å²) in [6.07, 6.45) is 0. The maximum absolute atomic E-state index is 12.9. The van der Waals surface area contributed by atoms with Gasteiger partial charge in [-0.3, -0.25) is 19.3 Å². The molecule has 0 aromatic heterocycles. The summed E-state index contributed by atoms with van der Waals surface area (Å²) in [5.41, 5.74) is 3.06. The Balaban J connectivity index is 1.98. The predicted molar refractivity (Wildman–Crippen MR) is 99.8 cm³/mol. The summed E-state index contributed by atoms with van der Waals surface area (Å²) in [7, 11) is 0. The fraction of sp³-hybridized carbons (Fsp3) is 0.211. The molecule has 2 aromatic rings. The van der Waals surface area contributed by atoms with Crippen LogP contribution in [0.3, 0.4) is 0 Å². The Hall–Kier alpha value is -2.60. The number of hydrogen-bond donors (Lipinski definition) is 0. The van der Waals surface area contributed by atoms with Crippen LogP contribution >= 0.6 is 11.8 Å². The average molecular weight is 354 g/mol. The van der Waals surface area contributed by atoms with Crippen LogP contribution in [0.4, 0.5) is 16.2 Å². The molecule has 1 heterocycles. The second kappa shape index (κ2) is 6.72. The molecule has 1 saturated heterocycles. The molecule has 6 heteroatoms. The van der Waals surface area contributed by atoms with E-state index in [1.165, 1.54) is 11.8 Å². The third-order valence-corrected chi connectivity index (χ3v) is 4.96. The molecule has 1 aliphatic rings. The standard InChI is InChI=1S/C19H18N2O3S/c1-12-6-4-8-15(10-12)20(14(3)22)18-17(23)21(19(24)25-18)16-9-5-7-13(2)11-16/h4-11,18H,1-3H3/t18-/m1/s1. The Morgan fingerprint density at radius 3 is 2.28 bits per heavy atom. The van der Waals surface area contributed by atoms with Gasteiger partial charge in [-0.15, -0.1) is 0 Å². The van der Waals surface area contributed by atoms with E-state index in [9.17, 15) is 14.4 Å². The average Bonchev–Trinajstić information content (AvgIpc) is 2.82. The maximum Gasteiger partial charge on any atom is 0.295 e. The molecule has 25 heavy (non-hydrogen) atoms. The van der Waals surface area contributed by atoms with Crippen LogP contribution in [0, 0.1) is 13.8 Å². The Bertz CT molecular complexity index is 865. The molecule has 0 bridgehead atoms. The third kappa shape index (κ3) is 3.30. The molecular formula is C19H18N2O3S. The second-order valence-electron chi connectivity index (χ2n) is 5.98. The van der Waals surface area contributed by atoms with Crippen molar-refractivity contribution >= 4 is 40.2 Å². The number of imide groups is 1. The van der Waals surface area contributed by atoms with Gasteiger partial charge in [-0.1, -0.05) is 24.3 Å². The van der Waals surface area contributed by atoms with E-state index in [1.807, 2.05) is 38.1 Å². The van der Waals surface area contributed by atoms with Crippen LogP contribution in [-0.4, -0.2) is 22.4 Å². The van der Waals surface area contributed by atoms with Crippen molar-refractivity contribution in [3.8, 4) is 0 Å². The van der Waals surface area contributed by atoms with Gasteiger partial charge >= 0.3 is 0 Å². The molecule has 0 unspecified atom stereocenters. The lowest BCUT2D eigenvalue weighted by Gasteiger charge is -2.26. The first-order valence-electron chi connectivity index (χ1n) is 7.86. The molecule has 1 fully saturated rings. The minimum absolute atomic E-state index is 0.282. The van der Waals surface area contributed by atoms with Crippen LogP contribution in [0.1, 0.15) is 18.1 Å². The van der Waals surface area contributed by atoms with Gasteiger partial charge in [0, 0.05) is 12.6 Å². The van der Waals surface area contributed by atoms with Crippen LogP contribution in [-0.2, 0) is 9.59 Å². The van der Waals surface area contributed by atoms with Crippen molar-refractivity contribution in [2.45, 2.75) is 26.1 Å². The smallest absolute Gasteiger partial charge is 0.290 e. The summed E-state index contributed by atoms with van der Waals surface area (Å²) in [4.78, 5) is 40.1. The highest BCUT2D eigenvalue weighted by molar-refractivity contribution is 8.16. The van der Waals surface area contributed by atoms with Crippen molar-refractivity contribution in [3.05, 3.63) is 59.7 Å². The Morgan fingerprint density at radius 2 is 1.68 bits per heavy atom. The van der Waals surface area contributed by atoms with Crippen LogP contribution in [0.2, 0.25) is 0 Å². The number of carbonyl (C=O) groups excluding carboxylic acids is 3. The molecule has 3 amide bonds. The van der Waals surface area contributed by atoms with Crippen molar-refractivity contribution in [2.24, 2.45) is 0 Å². The molecule has 1 aliphatic heterocycles. The van der Waals surface area contributed by atoms with Gasteiger partial charge in [0.25, 0.3) is 11.1 Å². The van der Waals surface area contributed by atoms with Crippen molar-refractivity contribution in [1.29, 1.82) is 0 Å². The number of amides is 3. The number of anilines is 2. The minimum Gasteiger partial charge on any atom is -0.290 e. The molecule has 0 N–H and O–H groups in total. The summed E-state index contributed by atoms with van der Waals surface area (Å²) < 4.78 is 0. The Kier molecular flexibility index (Phi) is 4.63. The molecule has 0 radical (unpaired) electrons. The van der Waals surface area contributed by atoms with Crippen molar-refractivity contribution in [3.63, 3.8) is 0 Å². The fourth-order valence-corrected chi connectivity index (χ4v) is 3.90. The first kappa shape index (κ1) is 17.2. The Morgan fingerprint density at radius 1 is 1.04 bits per heavy atom. The van der Waals surface area contributed by atoms with Crippen LogP contribution in [0.15, 0.2) is 48.5 Å². The minimum atomic E-state index is -0.896. The lowest BCUT2D eigenvalue weighted by molar-refractivity contribution is -0.121. The summed E-state index contributed by atoms with van der Waals surface area (Å²) in [6.45, 7) is 5.21. The van der Waals surface area contributed by atoms with Crippen molar-refractivity contribution < 1.29 is 14.4 Å². The molecule has 2 aromatic carbocycles. The van der Waals surface area contributed by atoms with Gasteiger partial charge in [0.2, 0.25) is 5.91 Å². The highest BCUT2D eigenvalue weighted by Crippen LogP contribution is 2.36. The van der Waals surface area contributed by atoms with Gasteiger partial charge in [-0.05, 0) is 61.0 Å². The fourth-order valence-electron chi connectivity index (χ4n) is 2.82. The molecule has 0 spiro atoms. The zero-order valence-electron chi connectivity index (χ0n) is 14.2. The van der Waals surface area contributed by atoms with Gasteiger partial charge in [0.1, 0.15) is 0 Å². The molecule has 3 rings (SSSR count). The van der Waals surface area contributed by atoms with Gasteiger partial charge in [0.05, 0.1) is 5.69 Å². The molecule has 5 nitrogen and oxygen atoms in total. The highest BCUT2D eigenvalue weighted by Gasteiger charge is 2.45. The third-order valence-electron chi connectivity index (χ3n) is 3.94. The topological polar surface area (TPSA) is 57.7 Å². The number of aryl methyl sites for hydroxylation is 2. The second-order valence-corrected chi connectivity index (χ2v) is 7.01. The molecule has 0 saturated carbocycles. The summed E-state index contributed by atoms with van der Waals surface area (Å²) in [5.74, 6) is -0.687. The zero-order valence-corrected chi connectivity index (χ0v) is 15.0. The van der Waals surface area contributed by atoms with E-state index in [0.717, 1.165) is 27.8 Å². The van der Waals surface area contributed by atoms with Gasteiger partial charge in [-0.25, -0.2) is 4.90 Å².